The molecule has 4 amide bonds. The highest BCUT2D eigenvalue weighted by atomic mass is 19.4. The fourth-order valence-electron chi connectivity index (χ4n) is 3.99. The zero-order chi connectivity index (χ0) is 25.3. The highest BCUT2D eigenvalue weighted by molar-refractivity contribution is 6.06. The SMILES string of the molecule is NC(=O)n1cc(NC(=O)N2C[C@@H](N)C[C@H]2C(=O)Nc2cccc(OC(F)(F)F)c2)c2ccccc21. The number of carbonyl (C=O) groups is 3. The van der Waals surface area contributed by atoms with E-state index in [9.17, 15) is 27.6 Å². The monoisotopic (exact) mass is 490 g/mol. The van der Waals surface area contributed by atoms with Crippen LogP contribution in [-0.4, -0.2) is 52.4 Å². The number of benzene rings is 2. The summed E-state index contributed by atoms with van der Waals surface area (Å²) in [6.45, 7) is 0.0651. The molecule has 1 aliphatic heterocycles. The second kappa shape index (κ2) is 9.18. The van der Waals surface area contributed by atoms with Crippen molar-refractivity contribution in [2.24, 2.45) is 11.5 Å². The second-order valence-electron chi connectivity index (χ2n) is 7.93. The number of halogens is 3. The summed E-state index contributed by atoms with van der Waals surface area (Å²) >= 11 is 0. The first-order valence-electron chi connectivity index (χ1n) is 10.4. The number of nitrogens with one attached hydrogen (secondary N) is 2. The van der Waals surface area contributed by atoms with E-state index in [1.807, 2.05) is 0 Å². The summed E-state index contributed by atoms with van der Waals surface area (Å²) in [4.78, 5) is 39.0. The zero-order valence-electron chi connectivity index (χ0n) is 18.1. The number of carbonyl (C=O) groups excluding carboxylic acids is 3. The van der Waals surface area contributed by atoms with Crippen molar-refractivity contribution in [2.75, 3.05) is 17.2 Å². The van der Waals surface area contributed by atoms with Crippen molar-refractivity contribution < 1.29 is 32.3 Å². The third-order valence-corrected chi connectivity index (χ3v) is 5.42. The number of ether oxygens (including phenoxy) is 1. The molecule has 2 atom stereocenters. The molecule has 0 aliphatic carbocycles. The third-order valence-electron chi connectivity index (χ3n) is 5.42. The Kier molecular flexibility index (Phi) is 6.26. The van der Waals surface area contributed by atoms with Crippen LogP contribution in [0, 0.1) is 0 Å². The van der Waals surface area contributed by atoms with Gasteiger partial charge < -0.3 is 31.7 Å². The van der Waals surface area contributed by atoms with Crippen LogP contribution in [0.1, 0.15) is 6.42 Å². The molecule has 13 heteroatoms. The summed E-state index contributed by atoms with van der Waals surface area (Å²) < 4.78 is 42.5. The molecular formula is C22H21F3N6O4. The molecule has 4 rings (SSSR count). The number of rotatable bonds is 4. The Morgan fingerprint density at radius 1 is 1.06 bits per heavy atom. The second-order valence-corrected chi connectivity index (χ2v) is 7.93. The van der Waals surface area contributed by atoms with E-state index in [1.165, 1.54) is 27.8 Å². The van der Waals surface area contributed by atoms with Gasteiger partial charge in [0.05, 0.1) is 11.2 Å². The van der Waals surface area contributed by atoms with Crippen molar-refractivity contribution in [1.29, 1.82) is 0 Å². The summed E-state index contributed by atoms with van der Waals surface area (Å²) in [7, 11) is 0. The highest BCUT2D eigenvalue weighted by Crippen LogP contribution is 2.28. The van der Waals surface area contributed by atoms with E-state index in [1.54, 1.807) is 24.3 Å². The summed E-state index contributed by atoms with van der Waals surface area (Å²) in [6, 6.07) is 8.72. The average molecular weight is 490 g/mol. The van der Waals surface area contributed by atoms with Gasteiger partial charge >= 0.3 is 18.4 Å². The third kappa shape index (κ3) is 5.30. The lowest BCUT2D eigenvalue weighted by Crippen LogP contribution is -2.45. The molecule has 1 aliphatic rings. The van der Waals surface area contributed by atoms with E-state index in [4.69, 9.17) is 11.5 Å². The Bertz CT molecular complexity index is 1290. The van der Waals surface area contributed by atoms with Crippen molar-refractivity contribution in [3.63, 3.8) is 0 Å². The van der Waals surface area contributed by atoms with Gasteiger partial charge in [-0.25, -0.2) is 9.59 Å². The Morgan fingerprint density at radius 2 is 1.80 bits per heavy atom. The zero-order valence-corrected chi connectivity index (χ0v) is 18.1. The number of likely N-dealkylation sites (tertiary alicyclic amines) is 1. The number of anilines is 2. The molecular weight excluding hydrogens is 469 g/mol. The lowest BCUT2D eigenvalue weighted by atomic mass is 10.1. The van der Waals surface area contributed by atoms with Crippen molar-refractivity contribution in [3.05, 3.63) is 54.7 Å². The van der Waals surface area contributed by atoms with Crippen LogP contribution >= 0.6 is 0 Å². The van der Waals surface area contributed by atoms with E-state index < -0.39 is 42.2 Å². The quantitative estimate of drug-likeness (QED) is 0.444. The van der Waals surface area contributed by atoms with E-state index in [0.29, 0.717) is 16.6 Å². The van der Waals surface area contributed by atoms with Crippen LogP contribution in [0.4, 0.5) is 34.1 Å². The van der Waals surface area contributed by atoms with Crippen LogP contribution in [0.2, 0.25) is 0 Å². The van der Waals surface area contributed by atoms with Crippen LogP contribution in [0.3, 0.4) is 0 Å². The van der Waals surface area contributed by atoms with Gasteiger partial charge in [0.1, 0.15) is 11.8 Å². The van der Waals surface area contributed by atoms with Gasteiger partial charge in [0.15, 0.2) is 0 Å². The Balaban J connectivity index is 1.51. The van der Waals surface area contributed by atoms with E-state index in [2.05, 4.69) is 15.4 Å². The van der Waals surface area contributed by atoms with Crippen LogP contribution in [0.15, 0.2) is 54.7 Å². The van der Waals surface area contributed by atoms with Gasteiger partial charge in [-0.1, -0.05) is 24.3 Å². The maximum Gasteiger partial charge on any atom is 0.573 e. The van der Waals surface area contributed by atoms with Crippen molar-refractivity contribution >= 4 is 40.2 Å². The predicted molar refractivity (Wildman–Crippen MR) is 121 cm³/mol. The Labute approximate surface area is 196 Å². The Hall–Kier alpha value is -4.26. The molecule has 10 nitrogen and oxygen atoms in total. The molecule has 0 radical (unpaired) electrons. The molecule has 0 spiro atoms. The molecule has 0 unspecified atom stereocenters. The van der Waals surface area contributed by atoms with Gasteiger partial charge in [-0.05, 0) is 24.6 Å². The van der Waals surface area contributed by atoms with Gasteiger partial charge in [-0.3, -0.25) is 9.36 Å². The molecule has 6 N–H and O–H groups in total. The number of hydrogen-bond acceptors (Lipinski definition) is 5. The lowest BCUT2D eigenvalue weighted by molar-refractivity contribution is -0.274. The predicted octanol–water partition coefficient (Wildman–Crippen LogP) is 3.04. The van der Waals surface area contributed by atoms with Crippen molar-refractivity contribution in [2.45, 2.75) is 24.9 Å². The lowest BCUT2D eigenvalue weighted by Gasteiger charge is -2.24. The number of hydrogen-bond donors (Lipinski definition) is 4. The van der Waals surface area contributed by atoms with Crippen molar-refractivity contribution in [3.8, 4) is 5.75 Å². The molecule has 1 fully saturated rings. The number of fused-ring (bicyclic) bond motifs is 1. The molecule has 2 aromatic carbocycles. The van der Waals surface area contributed by atoms with Gasteiger partial charge in [0, 0.05) is 35.9 Å². The molecule has 35 heavy (non-hydrogen) atoms. The number of aromatic nitrogens is 1. The molecule has 3 aromatic rings. The fraction of sp³-hybridized carbons (Fsp3) is 0.227. The summed E-state index contributed by atoms with van der Waals surface area (Å²) in [5.41, 5.74) is 12.3. The van der Waals surface area contributed by atoms with Crippen LogP contribution in [-0.2, 0) is 4.79 Å². The summed E-state index contributed by atoms with van der Waals surface area (Å²) in [5, 5.41) is 5.74. The molecule has 1 aromatic heterocycles. The molecule has 0 bridgehead atoms. The number of nitrogens with two attached hydrogens (primary N) is 2. The number of nitrogens with zero attached hydrogens (tertiary/aromatic N) is 2. The number of amides is 4. The number of urea groups is 1. The topological polar surface area (TPSA) is 145 Å². The van der Waals surface area contributed by atoms with Gasteiger partial charge in [0.25, 0.3) is 0 Å². The smallest absolute Gasteiger partial charge is 0.406 e. The van der Waals surface area contributed by atoms with Crippen LogP contribution < -0.4 is 26.8 Å². The number of primary amides is 1. The standard InChI is InChI=1S/C22H21F3N6O4/c23-22(24,25)35-14-5-3-4-13(9-14)28-19(32)18-8-12(26)10-31(18)21(34)29-16-11-30(20(27)33)17-7-2-1-6-15(16)17/h1-7,9,11-12,18H,8,10,26H2,(H2,27,33)(H,28,32)(H,29,34)/t12-,18-/m0/s1. The summed E-state index contributed by atoms with van der Waals surface area (Å²) in [5.74, 6) is -1.13. The normalized spacial score (nSPS) is 17.9. The van der Waals surface area contributed by atoms with E-state index in [0.717, 1.165) is 12.1 Å². The first-order chi connectivity index (χ1) is 16.5. The van der Waals surface area contributed by atoms with Gasteiger partial charge in [-0.15, -0.1) is 13.2 Å². The average Bonchev–Trinajstić information content (AvgIpc) is 3.34. The summed E-state index contributed by atoms with van der Waals surface area (Å²) in [6.07, 6.45) is -3.36. The fourth-order valence-corrected chi connectivity index (χ4v) is 3.99. The number of para-hydroxylation sites is 1. The molecule has 184 valence electrons. The highest BCUT2D eigenvalue weighted by Gasteiger charge is 2.39. The van der Waals surface area contributed by atoms with Crippen molar-refractivity contribution in [1.82, 2.24) is 9.47 Å². The molecule has 0 saturated carbocycles. The minimum Gasteiger partial charge on any atom is -0.406 e. The molecule has 2 heterocycles. The number of alkyl halides is 3. The van der Waals surface area contributed by atoms with E-state index >= 15 is 0 Å². The van der Waals surface area contributed by atoms with E-state index in [-0.39, 0.29) is 18.7 Å². The van der Waals surface area contributed by atoms with Crippen LogP contribution in [0.5, 0.6) is 5.75 Å². The first kappa shape index (κ1) is 23.9. The molecule has 1 saturated heterocycles. The van der Waals surface area contributed by atoms with Gasteiger partial charge in [0.2, 0.25) is 5.91 Å². The largest absolute Gasteiger partial charge is 0.573 e. The minimum absolute atomic E-state index is 0.0575. The minimum atomic E-state index is -4.88. The van der Waals surface area contributed by atoms with Crippen LogP contribution in [0.25, 0.3) is 10.9 Å². The Morgan fingerprint density at radius 3 is 2.51 bits per heavy atom. The maximum atomic E-state index is 13.1. The van der Waals surface area contributed by atoms with Gasteiger partial charge in [-0.2, -0.15) is 0 Å². The first-order valence-corrected chi connectivity index (χ1v) is 10.4. The maximum absolute atomic E-state index is 13.1.